The molecule has 8 nitrogen and oxygen atoms in total. The van der Waals surface area contributed by atoms with Crippen molar-refractivity contribution in [3.8, 4) is 0 Å². The van der Waals surface area contributed by atoms with Gasteiger partial charge in [-0.25, -0.2) is 4.68 Å². The fourth-order valence-corrected chi connectivity index (χ4v) is 3.13. The summed E-state index contributed by atoms with van der Waals surface area (Å²) < 4.78 is 1.96. The number of aromatic nitrogens is 5. The number of hydrogen-bond acceptors (Lipinski definition) is 6. The van der Waals surface area contributed by atoms with Crippen molar-refractivity contribution in [1.82, 2.24) is 35.0 Å². The molecule has 1 aliphatic heterocycles. The molecule has 3 heterocycles. The molecule has 0 radical (unpaired) electrons. The molecule has 2 aliphatic rings. The Morgan fingerprint density at radius 3 is 2.75 bits per heavy atom. The molecule has 0 N–H and O–H groups in total. The highest BCUT2D eigenvalue weighted by Gasteiger charge is 2.29. The number of amides is 1. The van der Waals surface area contributed by atoms with E-state index in [1.54, 1.807) is 24.5 Å². The highest BCUT2D eigenvalue weighted by Crippen LogP contribution is 2.34. The zero-order valence-electron chi connectivity index (χ0n) is 13.6. The van der Waals surface area contributed by atoms with Crippen molar-refractivity contribution < 1.29 is 4.79 Å². The summed E-state index contributed by atoms with van der Waals surface area (Å²) in [6.45, 7) is 4.06. The maximum atomic E-state index is 12.6. The SMILES string of the molecule is O=C(c1ccncc1)N1CCCN(Cc2nnnn2C2CC2)CC1. The van der Waals surface area contributed by atoms with Crippen molar-refractivity contribution in [2.45, 2.75) is 31.8 Å². The summed E-state index contributed by atoms with van der Waals surface area (Å²) in [4.78, 5) is 20.8. The van der Waals surface area contributed by atoms with Crippen LogP contribution in [0.2, 0.25) is 0 Å². The van der Waals surface area contributed by atoms with Gasteiger partial charge in [0.25, 0.3) is 5.91 Å². The van der Waals surface area contributed by atoms with Crippen LogP contribution in [0.4, 0.5) is 0 Å². The largest absolute Gasteiger partial charge is 0.337 e. The molecule has 0 atom stereocenters. The highest BCUT2D eigenvalue weighted by molar-refractivity contribution is 5.94. The van der Waals surface area contributed by atoms with Gasteiger partial charge in [0, 0.05) is 44.1 Å². The van der Waals surface area contributed by atoms with Gasteiger partial charge < -0.3 is 4.90 Å². The van der Waals surface area contributed by atoms with Crippen LogP contribution < -0.4 is 0 Å². The number of carbonyl (C=O) groups excluding carboxylic acids is 1. The van der Waals surface area contributed by atoms with E-state index in [9.17, 15) is 4.79 Å². The van der Waals surface area contributed by atoms with Crippen LogP contribution in [0.25, 0.3) is 0 Å². The Morgan fingerprint density at radius 1 is 1.12 bits per heavy atom. The van der Waals surface area contributed by atoms with Gasteiger partial charge in [-0.05, 0) is 41.8 Å². The predicted octanol–water partition coefficient (Wildman–Crippen LogP) is 0.751. The maximum absolute atomic E-state index is 12.6. The third-order valence-electron chi connectivity index (χ3n) is 4.62. The van der Waals surface area contributed by atoms with E-state index in [2.05, 4.69) is 25.4 Å². The fraction of sp³-hybridized carbons (Fsp3) is 0.562. The monoisotopic (exact) mass is 327 g/mol. The third-order valence-corrected chi connectivity index (χ3v) is 4.62. The van der Waals surface area contributed by atoms with Gasteiger partial charge in [-0.3, -0.25) is 14.7 Å². The smallest absolute Gasteiger partial charge is 0.254 e. The van der Waals surface area contributed by atoms with Crippen LogP contribution in [0.1, 0.15) is 41.5 Å². The third kappa shape index (κ3) is 3.28. The lowest BCUT2D eigenvalue weighted by Gasteiger charge is -2.21. The van der Waals surface area contributed by atoms with E-state index in [0.717, 1.165) is 45.0 Å². The van der Waals surface area contributed by atoms with Gasteiger partial charge >= 0.3 is 0 Å². The summed E-state index contributed by atoms with van der Waals surface area (Å²) in [5.74, 6) is 1.02. The number of pyridine rings is 1. The van der Waals surface area contributed by atoms with Crippen LogP contribution in [0.15, 0.2) is 24.5 Å². The average Bonchev–Trinajstić information content (AvgIpc) is 3.40. The first-order chi connectivity index (χ1) is 11.8. The van der Waals surface area contributed by atoms with Crippen molar-refractivity contribution in [3.05, 3.63) is 35.9 Å². The van der Waals surface area contributed by atoms with Crippen LogP contribution >= 0.6 is 0 Å². The number of nitrogens with zero attached hydrogens (tertiary/aromatic N) is 7. The highest BCUT2D eigenvalue weighted by atomic mass is 16.2. The molecule has 2 fully saturated rings. The van der Waals surface area contributed by atoms with Gasteiger partial charge in [0.2, 0.25) is 0 Å². The Morgan fingerprint density at radius 2 is 1.96 bits per heavy atom. The van der Waals surface area contributed by atoms with E-state index in [1.165, 1.54) is 12.8 Å². The van der Waals surface area contributed by atoms with E-state index in [-0.39, 0.29) is 5.91 Å². The first kappa shape index (κ1) is 15.2. The standard InChI is InChI=1S/C16H21N7O/c24-16(13-4-6-17-7-5-13)22-9-1-8-21(10-11-22)12-15-18-19-20-23(15)14-2-3-14/h4-7,14H,1-3,8-12H2. The molecule has 4 rings (SSSR count). The van der Waals surface area contributed by atoms with Crippen molar-refractivity contribution in [2.75, 3.05) is 26.2 Å². The maximum Gasteiger partial charge on any atom is 0.254 e. The summed E-state index contributed by atoms with van der Waals surface area (Å²) in [5.41, 5.74) is 0.705. The van der Waals surface area contributed by atoms with Crippen molar-refractivity contribution in [1.29, 1.82) is 0 Å². The molecule has 2 aromatic rings. The Balaban J connectivity index is 1.37. The van der Waals surface area contributed by atoms with E-state index >= 15 is 0 Å². The zero-order chi connectivity index (χ0) is 16.4. The van der Waals surface area contributed by atoms with Crippen LogP contribution in [-0.4, -0.2) is 67.1 Å². The second-order valence-electron chi connectivity index (χ2n) is 6.43. The Hall–Kier alpha value is -2.35. The first-order valence-corrected chi connectivity index (χ1v) is 8.49. The molecule has 0 bridgehead atoms. The zero-order valence-corrected chi connectivity index (χ0v) is 13.6. The Kier molecular flexibility index (Phi) is 4.20. The lowest BCUT2D eigenvalue weighted by molar-refractivity contribution is 0.0761. The van der Waals surface area contributed by atoms with Gasteiger partial charge in [-0.1, -0.05) is 0 Å². The lowest BCUT2D eigenvalue weighted by Crippen LogP contribution is -2.35. The molecule has 24 heavy (non-hydrogen) atoms. The quantitative estimate of drug-likeness (QED) is 0.824. The molecular formula is C16H21N7O. The molecule has 0 unspecified atom stereocenters. The predicted molar refractivity (Wildman–Crippen MR) is 86.1 cm³/mol. The van der Waals surface area contributed by atoms with Gasteiger partial charge in [0.05, 0.1) is 12.6 Å². The van der Waals surface area contributed by atoms with Crippen molar-refractivity contribution in [2.24, 2.45) is 0 Å². The molecule has 8 heteroatoms. The molecule has 0 spiro atoms. The first-order valence-electron chi connectivity index (χ1n) is 8.49. The summed E-state index contributed by atoms with van der Waals surface area (Å²) in [7, 11) is 0. The molecule has 1 amide bonds. The molecule has 1 saturated heterocycles. The van der Waals surface area contributed by atoms with Crippen LogP contribution in [0.5, 0.6) is 0 Å². The minimum atomic E-state index is 0.0852. The van der Waals surface area contributed by atoms with Gasteiger partial charge in [0.1, 0.15) is 0 Å². The van der Waals surface area contributed by atoms with Gasteiger partial charge in [-0.2, -0.15) is 0 Å². The Bertz CT molecular complexity index is 697. The number of tetrazole rings is 1. The summed E-state index contributed by atoms with van der Waals surface area (Å²) in [5, 5.41) is 12.1. The molecule has 1 aliphatic carbocycles. The number of rotatable bonds is 4. The minimum absolute atomic E-state index is 0.0852. The minimum Gasteiger partial charge on any atom is -0.337 e. The summed E-state index contributed by atoms with van der Waals surface area (Å²) in [6.07, 6.45) is 6.63. The molecule has 1 saturated carbocycles. The summed E-state index contributed by atoms with van der Waals surface area (Å²) in [6, 6.07) is 4.04. The van der Waals surface area contributed by atoms with Crippen LogP contribution in [0.3, 0.4) is 0 Å². The number of carbonyl (C=O) groups is 1. The fourth-order valence-electron chi connectivity index (χ4n) is 3.13. The van der Waals surface area contributed by atoms with Gasteiger partial charge in [-0.15, -0.1) is 5.10 Å². The van der Waals surface area contributed by atoms with E-state index in [1.807, 2.05) is 9.58 Å². The van der Waals surface area contributed by atoms with Crippen LogP contribution in [-0.2, 0) is 6.54 Å². The normalized spacial score (nSPS) is 19.2. The molecule has 0 aromatic carbocycles. The van der Waals surface area contributed by atoms with E-state index in [4.69, 9.17) is 0 Å². The van der Waals surface area contributed by atoms with E-state index < -0.39 is 0 Å². The topological polar surface area (TPSA) is 80.0 Å². The summed E-state index contributed by atoms with van der Waals surface area (Å²) >= 11 is 0. The van der Waals surface area contributed by atoms with Gasteiger partial charge in [0.15, 0.2) is 5.82 Å². The molecular weight excluding hydrogens is 306 g/mol. The van der Waals surface area contributed by atoms with E-state index in [0.29, 0.717) is 11.6 Å². The van der Waals surface area contributed by atoms with Crippen LogP contribution in [0, 0.1) is 0 Å². The molecule has 2 aromatic heterocycles. The second-order valence-corrected chi connectivity index (χ2v) is 6.43. The van der Waals surface area contributed by atoms with Crippen molar-refractivity contribution in [3.63, 3.8) is 0 Å². The van der Waals surface area contributed by atoms with Crippen molar-refractivity contribution >= 4 is 5.91 Å². The number of hydrogen-bond donors (Lipinski definition) is 0. The lowest BCUT2D eigenvalue weighted by atomic mass is 10.2. The molecule has 126 valence electrons. The average molecular weight is 327 g/mol. The Labute approximate surface area is 140 Å². The second kappa shape index (κ2) is 6.64.